The summed E-state index contributed by atoms with van der Waals surface area (Å²) in [6.45, 7) is 0. The molecule has 0 spiro atoms. The molecule has 1 aliphatic heterocycles. The maximum Gasteiger partial charge on any atom is 0.260 e. The van der Waals surface area contributed by atoms with Gasteiger partial charge in [-0.15, -0.1) is 0 Å². The lowest BCUT2D eigenvalue weighted by Gasteiger charge is -2.18. The van der Waals surface area contributed by atoms with Crippen LogP contribution in [0.2, 0.25) is 0 Å². The van der Waals surface area contributed by atoms with E-state index in [1.807, 2.05) is 0 Å². The second-order valence-corrected chi connectivity index (χ2v) is 4.70. The highest BCUT2D eigenvalue weighted by Gasteiger charge is 2.26. The molecule has 6 heteroatoms. The lowest BCUT2D eigenvalue weighted by molar-refractivity contribution is -0.114. The van der Waals surface area contributed by atoms with Crippen molar-refractivity contribution in [1.29, 1.82) is 0 Å². The van der Waals surface area contributed by atoms with Crippen LogP contribution in [0.15, 0.2) is 48.7 Å². The van der Waals surface area contributed by atoms with Gasteiger partial charge in [0.15, 0.2) is 0 Å². The molecule has 0 bridgehead atoms. The Morgan fingerprint density at radius 2 is 1.50 bits per heavy atom. The number of hydrogen-bond acceptors (Lipinski definition) is 5. The third-order valence-corrected chi connectivity index (χ3v) is 3.31. The summed E-state index contributed by atoms with van der Waals surface area (Å²) in [6, 6.07) is 11.0. The number of phenolic OH excluding ortho intramolecular Hbond substituents is 2. The lowest BCUT2D eigenvalue weighted by atomic mass is 9.95. The van der Waals surface area contributed by atoms with Crippen molar-refractivity contribution in [3.05, 3.63) is 59.8 Å². The SMILES string of the molecule is O=C1NC(=O)c2ccccc2/C1=C/Nc1c(O)cccc1O. The van der Waals surface area contributed by atoms with Crippen LogP contribution in [0, 0.1) is 0 Å². The summed E-state index contributed by atoms with van der Waals surface area (Å²) in [5, 5.41) is 24.4. The number of fused-ring (bicyclic) bond motifs is 1. The van der Waals surface area contributed by atoms with E-state index in [-0.39, 0.29) is 22.8 Å². The largest absolute Gasteiger partial charge is 0.506 e. The Morgan fingerprint density at radius 3 is 2.18 bits per heavy atom. The van der Waals surface area contributed by atoms with Crippen molar-refractivity contribution in [3.8, 4) is 11.5 Å². The van der Waals surface area contributed by atoms with Gasteiger partial charge in [-0.3, -0.25) is 14.9 Å². The minimum atomic E-state index is -0.550. The molecule has 22 heavy (non-hydrogen) atoms. The number of amides is 2. The Labute approximate surface area is 125 Å². The van der Waals surface area contributed by atoms with Gasteiger partial charge < -0.3 is 15.5 Å². The van der Waals surface area contributed by atoms with Gasteiger partial charge in [0.1, 0.15) is 17.2 Å². The monoisotopic (exact) mass is 296 g/mol. The Bertz CT molecular complexity index is 791. The molecule has 0 radical (unpaired) electrons. The first-order chi connectivity index (χ1) is 10.6. The molecule has 0 saturated carbocycles. The Morgan fingerprint density at radius 1 is 0.864 bits per heavy atom. The van der Waals surface area contributed by atoms with E-state index in [4.69, 9.17) is 0 Å². The number of rotatable bonds is 2. The van der Waals surface area contributed by atoms with E-state index in [1.54, 1.807) is 24.3 Å². The van der Waals surface area contributed by atoms with Gasteiger partial charge in [-0.25, -0.2) is 0 Å². The number of anilines is 1. The van der Waals surface area contributed by atoms with Crippen LogP contribution in [0.25, 0.3) is 5.57 Å². The number of carbonyl (C=O) groups excluding carboxylic acids is 2. The van der Waals surface area contributed by atoms with Gasteiger partial charge >= 0.3 is 0 Å². The maximum absolute atomic E-state index is 12.0. The average Bonchev–Trinajstić information content (AvgIpc) is 2.49. The predicted octanol–water partition coefficient (Wildman–Crippen LogP) is 1.82. The number of phenols is 2. The molecule has 110 valence electrons. The molecule has 2 amide bonds. The molecule has 1 heterocycles. The quantitative estimate of drug-likeness (QED) is 0.385. The first-order valence-corrected chi connectivity index (χ1v) is 6.50. The van der Waals surface area contributed by atoms with Gasteiger partial charge in [-0.05, 0) is 18.2 Å². The summed E-state index contributed by atoms with van der Waals surface area (Å²) < 4.78 is 0. The highest BCUT2D eigenvalue weighted by atomic mass is 16.3. The first-order valence-electron chi connectivity index (χ1n) is 6.50. The normalized spacial score (nSPS) is 15.4. The zero-order valence-electron chi connectivity index (χ0n) is 11.3. The van der Waals surface area contributed by atoms with Crippen molar-refractivity contribution in [2.24, 2.45) is 0 Å². The van der Waals surface area contributed by atoms with Crippen molar-refractivity contribution in [1.82, 2.24) is 5.32 Å². The smallest absolute Gasteiger partial charge is 0.260 e. The average molecular weight is 296 g/mol. The van der Waals surface area contributed by atoms with Crippen LogP contribution < -0.4 is 10.6 Å². The maximum atomic E-state index is 12.0. The number of para-hydroxylation sites is 1. The molecule has 4 N–H and O–H groups in total. The molecule has 0 atom stereocenters. The van der Waals surface area contributed by atoms with Crippen LogP contribution in [-0.4, -0.2) is 22.0 Å². The minimum absolute atomic E-state index is 0.0807. The second-order valence-electron chi connectivity index (χ2n) is 4.70. The van der Waals surface area contributed by atoms with Crippen LogP contribution in [0.4, 0.5) is 5.69 Å². The predicted molar refractivity (Wildman–Crippen MR) is 80.3 cm³/mol. The molecule has 3 rings (SSSR count). The zero-order chi connectivity index (χ0) is 15.7. The van der Waals surface area contributed by atoms with Gasteiger partial charge in [0.05, 0.1) is 5.57 Å². The van der Waals surface area contributed by atoms with Crippen molar-refractivity contribution in [2.75, 3.05) is 5.32 Å². The molecule has 6 nitrogen and oxygen atoms in total. The Kier molecular flexibility index (Phi) is 3.27. The molecule has 0 aliphatic carbocycles. The van der Waals surface area contributed by atoms with E-state index < -0.39 is 11.8 Å². The molecule has 0 aromatic heterocycles. The summed E-state index contributed by atoms with van der Waals surface area (Å²) in [6.07, 6.45) is 1.34. The van der Waals surface area contributed by atoms with Crippen molar-refractivity contribution in [3.63, 3.8) is 0 Å². The van der Waals surface area contributed by atoms with E-state index in [9.17, 15) is 19.8 Å². The highest BCUT2D eigenvalue weighted by Crippen LogP contribution is 2.33. The number of aromatic hydroxyl groups is 2. The van der Waals surface area contributed by atoms with Gasteiger partial charge in [0.25, 0.3) is 11.8 Å². The number of nitrogens with one attached hydrogen (secondary N) is 2. The molecular weight excluding hydrogens is 284 g/mol. The molecule has 0 saturated heterocycles. The fraction of sp³-hybridized carbons (Fsp3) is 0. The van der Waals surface area contributed by atoms with Gasteiger partial charge in [-0.1, -0.05) is 24.3 Å². The number of carbonyl (C=O) groups is 2. The fourth-order valence-corrected chi connectivity index (χ4v) is 2.24. The van der Waals surface area contributed by atoms with Gasteiger partial charge in [0.2, 0.25) is 0 Å². The second kappa shape index (κ2) is 5.25. The van der Waals surface area contributed by atoms with E-state index in [0.717, 1.165) is 0 Å². The topological polar surface area (TPSA) is 98.7 Å². The van der Waals surface area contributed by atoms with Gasteiger partial charge in [0, 0.05) is 17.3 Å². The van der Waals surface area contributed by atoms with Crippen LogP contribution in [0.3, 0.4) is 0 Å². The summed E-state index contributed by atoms with van der Waals surface area (Å²) in [7, 11) is 0. The molecule has 2 aromatic rings. The number of benzene rings is 2. The van der Waals surface area contributed by atoms with E-state index in [0.29, 0.717) is 11.1 Å². The van der Waals surface area contributed by atoms with Crippen molar-refractivity contribution in [2.45, 2.75) is 0 Å². The minimum Gasteiger partial charge on any atom is -0.506 e. The third-order valence-electron chi connectivity index (χ3n) is 3.31. The van der Waals surface area contributed by atoms with Crippen LogP contribution in [-0.2, 0) is 4.79 Å². The molecule has 0 unspecified atom stereocenters. The lowest BCUT2D eigenvalue weighted by Crippen LogP contribution is -2.36. The zero-order valence-corrected chi connectivity index (χ0v) is 11.3. The summed E-state index contributed by atoms with van der Waals surface area (Å²) in [5.41, 5.74) is 1.19. The van der Waals surface area contributed by atoms with E-state index >= 15 is 0 Å². The van der Waals surface area contributed by atoms with Crippen LogP contribution >= 0.6 is 0 Å². The van der Waals surface area contributed by atoms with Crippen molar-refractivity contribution < 1.29 is 19.8 Å². The van der Waals surface area contributed by atoms with Crippen LogP contribution in [0.5, 0.6) is 11.5 Å². The summed E-state index contributed by atoms with van der Waals surface area (Å²) >= 11 is 0. The van der Waals surface area contributed by atoms with E-state index in [2.05, 4.69) is 10.6 Å². The molecular formula is C16H12N2O4. The van der Waals surface area contributed by atoms with Crippen molar-refractivity contribution >= 4 is 23.1 Å². The van der Waals surface area contributed by atoms with E-state index in [1.165, 1.54) is 24.4 Å². The molecule has 1 aliphatic rings. The molecule has 2 aromatic carbocycles. The Balaban J connectivity index is 2.02. The Hall–Kier alpha value is -3.28. The van der Waals surface area contributed by atoms with Crippen LogP contribution in [0.1, 0.15) is 15.9 Å². The van der Waals surface area contributed by atoms with Gasteiger partial charge in [-0.2, -0.15) is 0 Å². The fourth-order valence-electron chi connectivity index (χ4n) is 2.24. The first kappa shape index (κ1) is 13.7. The highest BCUT2D eigenvalue weighted by molar-refractivity contribution is 6.31. The number of imide groups is 1. The standard InChI is InChI=1S/C16H12N2O4/c19-12-6-3-7-13(20)14(12)17-8-11-9-4-1-2-5-10(9)15(21)18-16(11)22/h1-8,17,19-20H,(H,18,21,22)/b11-8-. The summed E-state index contributed by atoms with van der Waals surface area (Å²) in [4.78, 5) is 23.8. The number of hydrogen-bond donors (Lipinski definition) is 4. The molecule has 0 fully saturated rings. The third kappa shape index (κ3) is 2.26. The summed E-state index contributed by atoms with van der Waals surface area (Å²) in [5.74, 6) is -1.32.